The smallest absolute Gasteiger partial charge is 0.150 e. The van der Waals surface area contributed by atoms with Crippen molar-refractivity contribution in [2.24, 2.45) is 0 Å². The van der Waals surface area contributed by atoms with Crippen LogP contribution in [0.25, 0.3) is 0 Å². The summed E-state index contributed by atoms with van der Waals surface area (Å²) in [6.07, 6.45) is 1.24. The van der Waals surface area contributed by atoms with E-state index < -0.39 is 0 Å². The van der Waals surface area contributed by atoms with Gasteiger partial charge in [0.25, 0.3) is 0 Å². The average molecular weight is 209 g/mol. The summed E-state index contributed by atoms with van der Waals surface area (Å²) in [5.41, 5.74) is 0.965. The quantitative estimate of drug-likeness (QED) is 0.808. The number of hydrogen-bond acceptors (Lipinski definition) is 4. The van der Waals surface area contributed by atoms with Crippen molar-refractivity contribution in [2.75, 3.05) is 19.6 Å². The first-order valence-corrected chi connectivity index (χ1v) is 5.66. The standard InChI is InChI=1S/C11H19N3O/c1-3-12-10-4-5-14(7-10)8-11-6-9(2)13-15-11/h6,10,12H,3-5,7-8H2,1-2H3. The lowest BCUT2D eigenvalue weighted by Gasteiger charge is -2.14. The van der Waals surface area contributed by atoms with E-state index in [1.807, 2.05) is 13.0 Å². The molecule has 1 aromatic rings. The summed E-state index contributed by atoms with van der Waals surface area (Å²) in [6.45, 7) is 8.33. The van der Waals surface area contributed by atoms with E-state index in [1.54, 1.807) is 0 Å². The van der Waals surface area contributed by atoms with Crippen LogP contribution in [-0.4, -0.2) is 35.7 Å². The summed E-state index contributed by atoms with van der Waals surface area (Å²) in [6, 6.07) is 2.67. The van der Waals surface area contributed by atoms with Gasteiger partial charge in [0.2, 0.25) is 0 Å². The van der Waals surface area contributed by atoms with Crippen molar-refractivity contribution < 1.29 is 4.52 Å². The van der Waals surface area contributed by atoms with Crippen molar-refractivity contribution in [1.82, 2.24) is 15.4 Å². The molecule has 1 unspecified atom stereocenters. The Kier molecular flexibility index (Phi) is 3.38. The maximum Gasteiger partial charge on any atom is 0.150 e. The van der Waals surface area contributed by atoms with Gasteiger partial charge in [-0.15, -0.1) is 0 Å². The number of likely N-dealkylation sites (tertiary alicyclic amines) is 1. The molecule has 1 N–H and O–H groups in total. The van der Waals surface area contributed by atoms with Crippen LogP contribution in [0.15, 0.2) is 10.6 Å². The van der Waals surface area contributed by atoms with E-state index in [2.05, 4.69) is 22.3 Å². The lowest BCUT2D eigenvalue weighted by Crippen LogP contribution is -2.31. The van der Waals surface area contributed by atoms with Crippen molar-refractivity contribution in [1.29, 1.82) is 0 Å². The van der Waals surface area contributed by atoms with Crippen molar-refractivity contribution in [3.8, 4) is 0 Å². The largest absolute Gasteiger partial charge is 0.360 e. The third kappa shape index (κ3) is 2.79. The molecule has 0 saturated carbocycles. The predicted molar refractivity (Wildman–Crippen MR) is 58.6 cm³/mol. The zero-order valence-electron chi connectivity index (χ0n) is 9.49. The molecular weight excluding hydrogens is 190 g/mol. The Balaban J connectivity index is 1.82. The molecule has 0 amide bonds. The lowest BCUT2D eigenvalue weighted by molar-refractivity contribution is 0.268. The number of aryl methyl sites for hydroxylation is 1. The minimum Gasteiger partial charge on any atom is -0.360 e. The minimum absolute atomic E-state index is 0.652. The normalized spacial score (nSPS) is 22.4. The third-order valence-corrected chi connectivity index (χ3v) is 2.82. The number of likely N-dealkylation sites (N-methyl/N-ethyl adjacent to an activating group) is 1. The van der Waals surface area contributed by atoms with Crippen LogP contribution in [0, 0.1) is 6.92 Å². The highest BCUT2D eigenvalue weighted by molar-refractivity contribution is 5.03. The Morgan fingerprint density at radius 3 is 3.20 bits per heavy atom. The molecule has 0 aliphatic carbocycles. The van der Waals surface area contributed by atoms with E-state index >= 15 is 0 Å². The topological polar surface area (TPSA) is 41.3 Å². The summed E-state index contributed by atoms with van der Waals surface area (Å²) in [5.74, 6) is 0.977. The molecule has 4 nitrogen and oxygen atoms in total. The van der Waals surface area contributed by atoms with Crippen LogP contribution in [-0.2, 0) is 6.54 Å². The van der Waals surface area contributed by atoms with E-state index in [4.69, 9.17) is 4.52 Å². The number of rotatable bonds is 4. The Hall–Kier alpha value is -0.870. The molecule has 0 bridgehead atoms. The van der Waals surface area contributed by atoms with Crippen LogP contribution in [0.4, 0.5) is 0 Å². The molecule has 0 radical (unpaired) electrons. The highest BCUT2D eigenvalue weighted by Crippen LogP contribution is 2.13. The van der Waals surface area contributed by atoms with Crippen LogP contribution < -0.4 is 5.32 Å². The fraction of sp³-hybridized carbons (Fsp3) is 0.727. The SMILES string of the molecule is CCNC1CCN(Cc2cc(C)no2)C1. The number of nitrogens with one attached hydrogen (secondary N) is 1. The van der Waals surface area contributed by atoms with Crippen molar-refractivity contribution in [2.45, 2.75) is 32.9 Å². The van der Waals surface area contributed by atoms with Crippen molar-refractivity contribution in [3.63, 3.8) is 0 Å². The van der Waals surface area contributed by atoms with Gasteiger partial charge in [-0.1, -0.05) is 12.1 Å². The van der Waals surface area contributed by atoms with Gasteiger partial charge in [-0.05, 0) is 19.9 Å². The first-order chi connectivity index (χ1) is 7.28. The zero-order valence-corrected chi connectivity index (χ0v) is 9.49. The lowest BCUT2D eigenvalue weighted by atomic mass is 10.3. The van der Waals surface area contributed by atoms with Gasteiger partial charge in [-0.25, -0.2) is 0 Å². The summed E-state index contributed by atoms with van der Waals surface area (Å²) in [4.78, 5) is 2.41. The second-order valence-electron chi connectivity index (χ2n) is 4.21. The molecular formula is C11H19N3O. The fourth-order valence-corrected chi connectivity index (χ4v) is 2.14. The van der Waals surface area contributed by atoms with Gasteiger partial charge in [-0.3, -0.25) is 4.90 Å². The first kappa shape index (κ1) is 10.6. The number of nitrogens with zero attached hydrogens (tertiary/aromatic N) is 2. The van der Waals surface area contributed by atoms with Gasteiger partial charge in [0.05, 0.1) is 12.2 Å². The molecule has 1 atom stereocenters. The first-order valence-electron chi connectivity index (χ1n) is 5.66. The molecule has 1 aliphatic heterocycles. The van der Waals surface area contributed by atoms with Crippen LogP contribution in [0.2, 0.25) is 0 Å². The summed E-state index contributed by atoms with van der Waals surface area (Å²) >= 11 is 0. The maximum atomic E-state index is 5.21. The van der Waals surface area contributed by atoms with E-state index in [0.29, 0.717) is 6.04 Å². The van der Waals surface area contributed by atoms with Gasteiger partial charge in [0, 0.05) is 25.2 Å². The molecule has 2 rings (SSSR count). The van der Waals surface area contributed by atoms with Crippen molar-refractivity contribution in [3.05, 3.63) is 17.5 Å². The maximum absolute atomic E-state index is 5.21. The van der Waals surface area contributed by atoms with Crippen LogP contribution in [0.5, 0.6) is 0 Å². The molecule has 2 heterocycles. The third-order valence-electron chi connectivity index (χ3n) is 2.82. The van der Waals surface area contributed by atoms with E-state index in [-0.39, 0.29) is 0 Å². The summed E-state index contributed by atoms with van der Waals surface area (Å²) < 4.78 is 5.21. The monoisotopic (exact) mass is 209 g/mol. The molecule has 1 fully saturated rings. The van der Waals surface area contributed by atoms with E-state index in [0.717, 1.165) is 37.6 Å². The Bertz CT molecular complexity index is 311. The Morgan fingerprint density at radius 1 is 1.67 bits per heavy atom. The number of hydrogen-bond donors (Lipinski definition) is 1. The molecule has 4 heteroatoms. The highest BCUT2D eigenvalue weighted by Gasteiger charge is 2.22. The summed E-state index contributed by atoms with van der Waals surface area (Å²) in [7, 11) is 0. The predicted octanol–water partition coefficient (Wildman–Crippen LogP) is 1.17. The molecule has 1 aromatic heterocycles. The van der Waals surface area contributed by atoms with E-state index in [9.17, 15) is 0 Å². The van der Waals surface area contributed by atoms with Gasteiger partial charge in [-0.2, -0.15) is 0 Å². The molecule has 0 spiro atoms. The zero-order chi connectivity index (χ0) is 10.7. The second-order valence-corrected chi connectivity index (χ2v) is 4.21. The van der Waals surface area contributed by atoms with Crippen LogP contribution >= 0.6 is 0 Å². The Morgan fingerprint density at radius 2 is 2.53 bits per heavy atom. The second kappa shape index (κ2) is 4.77. The number of aromatic nitrogens is 1. The molecule has 1 aliphatic rings. The van der Waals surface area contributed by atoms with Crippen LogP contribution in [0.1, 0.15) is 24.8 Å². The molecule has 0 aromatic carbocycles. The van der Waals surface area contributed by atoms with Gasteiger partial charge in [0.15, 0.2) is 5.76 Å². The molecule has 15 heavy (non-hydrogen) atoms. The van der Waals surface area contributed by atoms with E-state index in [1.165, 1.54) is 6.42 Å². The average Bonchev–Trinajstić information content (AvgIpc) is 2.78. The molecule has 1 saturated heterocycles. The van der Waals surface area contributed by atoms with Gasteiger partial charge >= 0.3 is 0 Å². The highest BCUT2D eigenvalue weighted by atomic mass is 16.5. The van der Waals surface area contributed by atoms with Gasteiger partial charge < -0.3 is 9.84 Å². The fourth-order valence-electron chi connectivity index (χ4n) is 2.14. The Labute approximate surface area is 90.6 Å². The van der Waals surface area contributed by atoms with Crippen LogP contribution in [0.3, 0.4) is 0 Å². The van der Waals surface area contributed by atoms with Gasteiger partial charge in [0.1, 0.15) is 0 Å². The van der Waals surface area contributed by atoms with Crippen molar-refractivity contribution >= 4 is 0 Å². The minimum atomic E-state index is 0.652. The molecule has 84 valence electrons. The summed E-state index contributed by atoms with van der Waals surface area (Å²) in [5, 5.41) is 7.37.